The number of nitrogens with two attached hydrogens (primary N) is 1. The Morgan fingerprint density at radius 1 is 1.39 bits per heavy atom. The summed E-state index contributed by atoms with van der Waals surface area (Å²) in [6, 6.07) is 9.69. The van der Waals surface area contributed by atoms with Crippen LogP contribution in [0.5, 0.6) is 0 Å². The van der Waals surface area contributed by atoms with Crippen LogP contribution in [0.3, 0.4) is 0 Å². The first-order valence-electron chi connectivity index (χ1n) is 5.73. The Labute approximate surface area is 106 Å². The quantitative estimate of drug-likeness (QED) is 0.859. The van der Waals surface area contributed by atoms with Crippen molar-refractivity contribution in [3.05, 3.63) is 47.8 Å². The molecule has 2 rings (SSSR count). The second-order valence-electron chi connectivity index (χ2n) is 4.18. The third-order valence-electron chi connectivity index (χ3n) is 2.83. The lowest BCUT2D eigenvalue weighted by Crippen LogP contribution is -2.29. The van der Waals surface area contributed by atoms with E-state index in [-0.39, 0.29) is 11.9 Å². The molecule has 5 nitrogen and oxygen atoms in total. The lowest BCUT2D eigenvalue weighted by Gasteiger charge is -2.14. The molecule has 0 aliphatic rings. The van der Waals surface area contributed by atoms with Crippen LogP contribution in [0.2, 0.25) is 0 Å². The minimum absolute atomic E-state index is 0.0759. The van der Waals surface area contributed by atoms with Crippen LogP contribution in [0.25, 0.3) is 0 Å². The van der Waals surface area contributed by atoms with E-state index in [1.54, 1.807) is 7.05 Å². The van der Waals surface area contributed by atoms with Gasteiger partial charge in [0.1, 0.15) is 5.69 Å². The number of aromatic nitrogens is 2. The highest BCUT2D eigenvalue weighted by atomic mass is 16.2. The summed E-state index contributed by atoms with van der Waals surface area (Å²) in [5, 5.41) is 6.85. The molecule has 1 heterocycles. The van der Waals surface area contributed by atoms with Gasteiger partial charge in [-0.1, -0.05) is 30.3 Å². The number of nitrogens with one attached hydrogen (secondary N) is 1. The molecular formula is C13H16N4O. The summed E-state index contributed by atoms with van der Waals surface area (Å²) in [5.41, 5.74) is 7.53. The van der Waals surface area contributed by atoms with Crippen molar-refractivity contribution in [3.63, 3.8) is 0 Å². The molecule has 0 radical (unpaired) electrons. The second-order valence-corrected chi connectivity index (χ2v) is 4.18. The predicted octanol–water partition coefficient (Wildman–Crippen LogP) is 1.49. The molecule has 5 heteroatoms. The number of nitrogens with zero attached hydrogens (tertiary/aromatic N) is 2. The van der Waals surface area contributed by atoms with E-state index in [4.69, 9.17) is 5.73 Å². The van der Waals surface area contributed by atoms with Gasteiger partial charge in [0.2, 0.25) is 0 Å². The van der Waals surface area contributed by atoms with Gasteiger partial charge in [0.05, 0.1) is 17.9 Å². The summed E-state index contributed by atoms with van der Waals surface area (Å²) < 4.78 is 1.47. The first kappa shape index (κ1) is 12.2. The van der Waals surface area contributed by atoms with Gasteiger partial charge in [-0.2, -0.15) is 5.10 Å². The van der Waals surface area contributed by atoms with E-state index in [0.29, 0.717) is 11.4 Å². The van der Waals surface area contributed by atoms with Crippen molar-refractivity contribution in [3.8, 4) is 0 Å². The number of rotatable bonds is 3. The van der Waals surface area contributed by atoms with E-state index in [1.807, 2.05) is 37.3 Å². The largest absolute Gasteiger partial charge is 0.396 e. The van der Waals surface area contributed by atoms with Crippen LogP contribution in [0, 0.1) is 0 Å². The summed E-state index contributed by atoms with van der Waals surface area (Å²) >= 11 is 0. The molecule has 0 aliphatic carbocycles. The first-order chi connectivity index (χ1) is 8.59. The molecule has 0 saturated heterocycles. The van der Waals surface area contributed by atoms with E-state index >= 15 is 0 Å². The minimum Gasteiger partial charge on any atom is -0.396 e. The average molecular weight is 244 g/mol. The monoisotopic (exact) mass is 244 g/mol. The fourth-order valence-corrected chi connectivity index (χ4v) is 1.82. The standard InChI is InChI=1S/C13H16N4O/c1-9(10-6-4-3-5-7-10)16-13(18)12-11(14)8-15-17(12)2/h3-9H,14H2,1-2H3,(H,16,18)/t9-/m1/s1. The van der Waals surface area contributed by atoms with Gasteiger partial charge >= 0.3 is 0 Å². The fraction of sp³-hybridized carbons (Fsp3) is 0.231. The molecule has 1 amide bonds. The Morgan fingerprint density at radius 2 is 2.06 bits per heavy atom. The lowest BCUT2D eigenvalue weighted by molar-refractivity contribution is 0.0931. The van der Waals surface area contributed by atoms with Gasteiger partial charge in [0.25, 0.3) is 5.91 Å². The maximum atomic E-state index is 12.1. The molecule has 1 aromatic heterocycles. The van der Waals surface area contributed by atoms with Crippen molar-refractivity contribution in [2.45, 2.75) is 13.0 Å². The van der Waals surface area contributed by atoms with Crippen molar-refractivity contribution < 1.29 is 4.79 Å². The number of carbonyl (C=O) groups excluding carboxylic acids is 1. The van der Waals surface area contributed by atoms with Gasteiger partial charge in [-0.15, -0.1) is 0 Å². The van der Waals surface area contributed by atoms with Gasteiger partial charge in [-0.05, 0) is 12.5 Å². The van der Waals surface area contributed by atoms with Gasteiger partial charge in [0.15, 0.2) is 0 Å². The van der Waals surface area contributed by atoms with Crippen molar-refractivity contribution in [2.75, 3.05) is 5.73 Å². The Bertz CT molecular complexity index is 528. The molecule has 1 atom stereocenters. The zero-order valence-corrected chi connectivity index (χ0v) is 10.4. The van der Waals surface area contributed by atoms with Crippen molar-refractivity contribution in [1.29, 1.82) is 0 Å². The molecule has 0 bridgehead atoms. The van der Waals surface area contributed by atoms with E-state index < -0.39 is 0 Å². The molecule has 0 fully saturated rings. The second kappa shape index (κ2) is 4.91. The molecule has 1 aromatic carbocycles. The molecule has 0 spiro atoms. The predicted molar refractivity (Wildman–Crippen MR) is 69.9 cm³/mol. The van der Waals surface area contributed by atoms with Gasteiger partial charge in [0, 0.05) is 7.05 Å². The zero-order valence-electron chi connectivity index (χ0n) is 10.4. The molecule has 0 aliphatic heterocycles. The van der Waals surface area contributed by atoms with Crippen molar-refractivity contribution in [2.24, 2.45) is 7.05 Å². The molecular weight excluding hydrogens is 228 g/mol. The number of nitrogen functional groups attached to an aromatic ring is 1. The summed E-state index contributed by atoms with van der Waals surface area (Å²) in [7, 11) is 1.69. The van der Waals surface area contributed by atoms with E-state index in [1.165, 1.54) is 10.9 Å². The normalized spacial score (nSPS) is 12.1. The maximum Gasteiger partial charge on any atom is 0.272 e. The summed E-state index contributed by atoms with van der Waals surface area (Å²) in [6.07, 6.45) is 1.47. The zero-order chi connectivity index (χ0) is 13.1. The fourth-order valence-electron chi connectivity index (χ4n) is 1.82. The van der Waals surface area contributed by atoms with E-state index in [9.17, 15) is 4.79 Å². The van der Waals surface area contributed by atoms with Crippen LogP contribution in [0.1, 0.15) is 29.0 Å². The highest BCUT2D eigenvalue weighted by molar-refractivity contribution is 5.97. The Hall–Kier alpha value is -2.30. The van der Waals surface area contributed by atoms with Crippen LogP contribution < -0.4 is 11.1 Å². The molecule has 2 aromatic rings. The molecule has 3 N–H and O–H groups in total. The average Bonchev–Trinajstić information content (AvgIpc) is 2.70. The van der Waals surface area contributed by atoms with E-state index in [2.05, 4.69) is 10.4 Å². The van der Waals surface area contributed by atoms with E-state index in [0.717, 1.165) is 5.56 Å². The topological polar surface area (TPSA) is 72.9 Å². The van der Waals surface area contributed by atoms with Crippen LogP contribution in [-0.2, 0) is 7.05 Å². The highest BCUT2D eigenvalue weighted by Gasteiger charge is 2.17. The number of hydrogen-bond acceptors (Lipinski definition) is 3. The maximum absolute atomic E-state index is 12.1. The Balaban J connectivity index is 2.13. The summed E-state index contributed by atoms with van der Waals surface area (Å²) in [4.78, 5) is 12.1. The Morgan fingerprint density at radius 3 is 2.61 bits per heavy atom. The minimum atomic E-state index is -0.219. The number of amides is 1. The molecule has 0 saturated carbocycles. The van der Waals surface area contributed by atoms with Crippen LogP contribution >= 0.6 is 0 Å². The van der Waals surface area contributed by atoms with Crippen LogP contribution in [0.4, 0.5) is 5.69 Å². The van der Waals surface area contributed by atoms with Gasteiger partial charge in [-0.3, -0.25) is 9.48 Å². The van der Waals surface area contributed by atoms with Crippen LogP contribution in [-0.4, -0.2) is 15.7 Å². The smallest absolute Gasteiger partial charge is 0.272 e. The lowest BCUT2D eigenvalue weighted by atomic mass is 10.1. The number of anilines is 1. The number of aryl methyl sites for hydroxylation is 1. The first-order valence-corrected chi connectivity index (χ1v) is 5.73. The summed E-state index contributed by atoms with van der Waals surface area (Å²) in [6.45, 7) is 1.93. The Kier molecular flexibility index (Phi) is 3.32. The highest BCUT2D eigenvalue weighted by Crippen LogP contribution is 2.14. The molecule has 18 heavy (non-hydrogen) atoms. The third kappa shape index (κ3) is 2.34. The SMILES string of the molecule is C[C@@H](NC(=O)c1c(N)cnn1C)c1ccccc1. The van der Waals surface area contributed by atoms with Crippen molar-refractivity contribution in [1.82, 2.24) is 15.1 Å². The molecule has 94 valence electrons. The van der Waals surface area contributed by atoms with Gasteiger partial charge in [-0.25, -0.2) is 0 Å². The van der Waals surface area contributed by atoms with Crippen LogP contribution in [0.15, 0.2) is 36.5 Å². The molecule has 0 unspecified atom stereocenters. The number of benzene rings is 1. The van der Waals surface area contributed by atoms with Gasteiger partial charge < -0.3 is 11.1 Å². The number of hydrogen-bond donors (Lipinski definition) is 2. The summed E-state index contributed by atoms with van der Waals surface area (Å²) in [5.74, 6) is -0.219. The number of carbonyl (C=O) groups is 1. The van der Waals surface area contributed by atoms with Crippen molar-refractivity contribution >= 4 is 11.6 Å². The third-order valence-corrected chi connectivity index (χ3v) is 2.83.